The Hall–Kier alpha value is -2.51. The molecule has 1 fully saturated rings. The molecule has 1 saturated carbocycles. The van der Waals surface area contributed by atoms with Gasteiger partial charge < -0.3 is 9.64 Å². The van der Waals surface area contributed by atoms with E-state index in [1.54, 1.807) is 12.5 Å². The van der Waals surface area contributed by atoms with Crippen molar-refractivity contribution in [2.24, 2.45) is 0 Å². The van der Waals surface area contributed by atoms with Crippen molar-refractivity contribution in [2.45, 2.75) is 51.0 Å². The summed E-state index contributed by atoms with van der Waals surface area (Å²) in [7, 11) is 0. The van der Waals surface area contributed by atoms with Crippen molar-refractivity contribution in [1.82, 2.24) is 24.7 Å². The summed E-state index contributed by atoms with van der Waals surface area (Å²) in [6.45, 7) is 2.81. The minimum Gasteiger partial charge on any atom is -0.373 e. The Balaban J connectivity index is 1.36. The Morgan fingerprint density at radius 1 is 1.21 bits per heavy atom. The van der Waals surface area contributed by atoms with Crippen molar-refractivity contribution in [1.29, 1.82) is 0 Å². The Morgan fingerprint density at radius 2 is 2.04 bits per heavy atom. The molecule has 1 aliphatic heterocycles. The number of ether oxygens (including phenoxy) is 1. The highest BCUT2D eigenvalue weighted by Gasteiger charge is 2.43. The standard InChI is InChI=1S/C20H21ClN6O/c1-2-16-19-25-23-12-26(19)17-10-22-20(21)24-18(17)27(16)14-8-15(9-14)28-11-13-6-4-3-5-7-13/h3-7,10,12,14-16H,2,8-9,11H2,1H3/t14?,15?,16-/m1/s1. The van der Waals surface area contributed by atoms with Crippen molar-refractivity contribution >= 4 is 17.4 Å². The summed E-state index contributed by atoms with van der Waals surface area (Å²) in [6, 6.07) is 10.7. The summed E-state index contributed by atoms with van der Waals surface area (Å²) in [5.41, 5.74) is 2.08. The van der Waals surface area contributed by atoms with Gasteiger partial charge in [0, 0.05) is 6.04 Å². The molecule has 2 aliphatic rings. The molecule has 0 amide bonds. The third kappa shape index (κ3) is 2.95. The Labute approximate surface area is 168 Å². The molecule has 5 rings (SSSR count). The number of hydrogen-bond acceptors (Lipinski definition) is 6. The van der Waals surface area contributed by atoms with Crippen LogP contribution in [0.1, 0.15) is 43.6 Å². The monoisotopic (exact) mass is 396 g/mol. The zero-order valence-corrected chi connectivity index (χ0v) is 16.3. The van der Waals surface area contributed by atoms with Gasteiger partial charge in [-0.25, -0.2) is 4.98 Å². The van der Waals surface area contributed by atoms with Gasteiger partial charge in [0.1, 0.15) is 12.0 Å². The highest BCUT2D eigenvalue weighted by Crippen LogP contribution is 2.44. The van der Waals surface area contributed by atoms with Crippen LogP contribution in [0.4, 0.5) is 5.82 Å². The van der Waals surface area contributed by atoms with E-state index in [0.29, 0.717) is 12.6 Å². The fraction of sp³-hybridized carbons (Fsp3) is 0.400. The first-order chi connectivity index (χ1) is 13.7. The van der Waals surface area contributed by atoms with Crippen LogP contribution in [-0.2, 0) is 11.3 Å². The fourth-order valence-electron chi connectivity index (χ4n) is 4.13. The van der Waals surface area contributed by atoms with Crippen LogP contribution in [-0.4, -0.2) is 36.9 Å². The molecule has 2 aromatic heterocycles. The van der Waals surface area contributed by atoms with Crippen molar-refractivity contribution in [2.75, 3.05) is 4.90 Å². The van der Waals surface area contributed by atoms with E-state index in [9.17, 15) is 0 Å². The van der Waals surface area contributed by atoms with Gasteiger partial charge in [-0.1, -0.05) is 37.3 Å². The van der Waals surface area contributed by atoms with E-state index in [1.165, 1.54) is 5.56 Å². The molecule has 0 radical (unpaired) electrons. The molecular weight excluding hydrogens is 376 g/mol. The van der Waals surface area contributed by atoms with Gasteiger partial charge in [0.05, 0.1) is 24.9 Å². The summed E-state index contributed by atoms with van der Waals surface area (Å²) >= 11 is 6.13. The van der Waals surface area contributed by atoms with Gasteiger partial charge in [-0.15, -0.1) is 10.2 Å². The van der Waals surface area contributed by atoms with E-state index < -0.39 is 0 Å². The lowest BCUT2D eigenvalue weighted by atomic mass is 9.85. The van der Waals surface area contributed by atoms with Gasteiger partial charge in [0.25, 0.3) is 0 Å². The predicted molar refractivity (Wildman–Crippen MR) is 106 cm³/mol. The summed E-state index contributed by atoms with van der Waals surface area (Å²) in [5, 5.41) is 8.74. The van der Waals surface area contributed by atoms with Crippen molar-refractivity contribution in [3.63, 3.8) is 0 Å². The van der Waals surface area contributed by atoms with E-state index in [0.717, 1.165) is 36.6 Å². The van der Waals surface area contributed by atoms with Crippen LogP contribution < -0.4 is 4.90 Å². The molecule has 28 heavy (non-hydrogen) atoms. The topological polar surface area (TPSA) is 69.0 Å². The van der Waals surface area contributed by atoms with Crippen LogP contribution in [0.2, 0.25) is 5.28 Å². The molecule has 3 heterocycles. The zero-order valence-electron chi connectivity index (χ0n) is 15.6. The Kier molecular flexibility index (Phi) is 4.49. The molecule has 0 unspecified atom stereocenters. The van der Waals surface area contributed by atoms with Gasteiger partial charge in [-0.2, -0.15) is 4.98 Å². The molecule has 8 heteroatoms. The third-order valence-corrected chi connectivity index (χ3v) is 5.79. The molecule has 0 bridgehead atoms. The second-order valence-corrected chi connectivity index (χ2v) is 7.62. The van der Waals surface area contributed by atoms with Crippen molar-refractivity contribution < 1.29 is 4.74 Å². The van der Waals surface area contributed by atoms with Gasteiger partial charge >= 0.3 is 0 Å². The van der Waals surface area contributed by atoms with Crippen molar-refractivity contribution in [3.05, 3.63) is 59.5 Å². The van der Waals surface area contributed by atoms with E-state index in [1.807, 2.05) is 22.8 Å². The maximum absolute atomic E-state index is 6.13. The first-order valence-corrected chi connectivity index (χ1v) is 9.99. The lowest BCUT2D eigenvalue weighted by molar-refractivity contribution is -0.0225. The molecule has 1 atom stereocenters. The van der Waals surface area contributed by atoms with Crippen LogP contribution in [0, 0.1) is 0 Å². The van der Waals surface area contributed by atoms with E-state index in [-0.39, 0.29) is 17.4 Å². The lowest BCUT2D eigenvalue weighted by Crippen LogP contribution is -2.52. The summed E-state index contributed by atoms with van der Waals surface area (Å²) in [4.78, 5) is 11.1. The molecule has 0 spiro atoms. The average molecular weight is 397 g/mol. The van der Waals surface area contributed by atoms with Gasteiger partial charge in [-0.05, 0) is 36.4 Å². The maximum Gasteiger partial charge on any atom is 0.224 e. The minimum atomic E-state index is 0.112. The zero-order chi connectivity index (χ0) is 19.1. The normalized spacial score (nSPS) is 23.1. The summed E-state index contributed by atoms with van der Waals surface area (Å²) in [6.07, 6.45) is 6.54. The molecule has 0 N–H and O–H groups in total. The number of anilines is 1. The Bertz CT molecular complexity index is 972. The first kappa shape index (κ1) is 17.6. The molecule has 144 valence electrons. The molecule has 0 saturated heterocycles. The van der Waals surface area contributed by atoms with E-state index >= 15 is 0 Å². The number of fused-ring (bicyclic) bond motifs is 3. The van der Waals surface area contributed by atoms with Crippen LogP contribution >= 0.6 is 11.6 Å². The van der Waals surface area contributed by atoms with E-state index in [2.05, 4.69) is 44.1 Å². The van der Waals surface area contributed by atoms with Gasteiger partial charge in [-0.3, -0.25) is 4.57 Å². The SMILES string of the molecule is CC[C@@H]1c2nncn2-c2cnc(Cl)nc2N1C1CC(OCc2ccccc2)C1. The third-order valence-electron chi connectivity index (χ3n) is 5.61. The lowest BCUT2D eigenvalue weighted by Gasteiger charge is -2.48. The van der Waals surface area contributed by atoms with Gasteiger partial charge in [0.2, 0.25) is 5.28 Å². The number of rotatable bonds is 5. The molecule has 1 aliphatic carbocycles. The summed E-state index contributed by atoms with van der Waals surface area (Å²) < 4.78 is 8.07. The summed E-state index contributed by atoms with van der Waals surface area (Å²) in [5.74, 6) is 1.78. The average Bonchev–Trinajstić information content (AvgIpc) is 3.17. The smallest absolute Gasteiger partial charge is 0.224 e. The van der Waals surface area contributed by atoms with Crippen LogP contribution in [0.15, 0.2) is 42.9 Å². The van der Waals surface area contributed by atoms with Crippen molar-refractivity contribution in [3.8, 4) is 5.69 Å². The predicted octanol–water partition coefficient (Wildman–Crippen LogP) is 3.73. The minimum absolute atomic E-state index is 0.112. The Morgan fingerprint density at radius 3 is 2.82 bits per heavy atom. The largest absolute Gasteiger partial charge is 0.373 e. The molecule has 7 nitrogen and oxygen atoms in total. The quantitative estimate of drug-likeness (QED) is 0.612. The van der Waals surface area contributed by atoms with Crippen LogP contribution in [0.5, 0.6) is 0 Å². The maximum atomic E-state index is 6.13. The van der Waals surface area contributed by atoms with Crippen LogP contribution in [0.3, 0.4) is 0 Å². The highest BCUT2D eigenvalue weighted by molar-refractivity contribution is 6.28. The van der Waals surface area contributed by atoms with E-state index in [4.69, 9.17) is 16.3 Å². The first-order valence-electron chi connectivity index (χ1n) is 9.61. The number of nitrogens with zero attached hydrogens (tertiary/aromatic N) is 6. The number of benzene rings is 1. The molecule has 1 aromatic carbocycles. The van der Waals surface area contributed by atoms with Crippen LogP contribution in [0.25, 0.3) is 5.69 Å². The second-order valence-electron chi connectivity index (χ2n) is 7.28. The molecular formula is C20H21ClN6O. The highest BCUT2D eigenvalue weighted by atomic mass is 35.5. The fourth-order valence-corrected chi connectivity index (χ4v) is 4.26. The second kappa shape index (κ2) is 7.14. The number of halogens is 1. The van der Waals surface area contributed by atoms with Gasteiger partial charge in [0.15, 0.2) is 11.6 Å². The molecule has 3 aromatic rings. The number of hydrogen-bond donors (Lipinski definition) is 0. The number of aromatic nitrogens is 5.